The highest BCUT2D eigenvalue weighted by atomic mass is 35.5. The molecule has 3 aromatic carbocycles. The molecule has 0 aliphatic heterocycles. The molecule has 5 rings (SSSR count). The van der Waals surface area contributed by atoms with Crippen LogP contribution in [0.5, 0.6) is 0 Å². The average Bonchev–Trinajstić information content (AvgIpc) is 3.45. The van der Waals surface area contributed by atoms with E-state index in [1.807, 2.05) is 80.6 Å². The molecule has 1 atom stereocenters. The van der Waals surface area contributed by atoms with E-state index in [0.717, 1.165) is 38.9 Å². The number of hydrogen-bond acceptors (Lipinski definition) is 3. The molecule has 8 heteroatoms. The Hall–Kier alpha value is -4.10. The largest absolute Gasteiger partial charge is 0.334 e. The summed E-state index contributed by atoms with van der Waals surface area (Å²) >= 11 is 6.60. The molecule has 4 N–H and O–H groups in total. The number of aromatic amines is 2. The first-order chi connectivity index (χ1) is 17.5. The van der Waals surface area contributed by atoms with Crippen LogP contribution in [0.3, 0.4) is 0 Å². The van der Waals surface area contributed by atoms with Crippen LogP contribution >= 0.6 is 11.6 Å². The van der Waals surface area contributed by atoms with Gasteiger partial charge >= 0.3 is 6.03 Å². The molecule has 7 nitrogen and oxygen atoms in total. The van der Waals surface area contributed by atoms with Crippen molar-refractivity contribution in [2.24, 2.45) is 0 Å². The second kappa shape index (κ2) is 10.3. The molecule has 0 spiro atoms. The maximum Gasteiger partial charge on any atom is 0.315 e. The smallest absolute Gasteiger partial charge is 0.315 e. The third-order valence-corrected chi connectivity index (χ3v) is 6.42. The van der Waals surface area contributed by atoms with Gasteiger partial charge in [-0.05, 0) is 37.5 Å². The lowest BCUT2D eigenvalue weighted by Gasteiger charge is -2.18. The van der Waals surface area contributed by atoms with Gasteiger partial charge in [0.1, 0.15) is 16.7 Å². The van der Waals surface area contributed by atoms with Crippen LogP contribution in [0.15, 0.2) is 72.8 Å². The number of benzene rings is 3. The Morgan fingerprint density at radius 1 is 1.00 bits per heavy atom. The van der Waals surface area contributed by atoms with Crippen molar-refractivity contribution < 1.29 is 4.79 Å². The second-order valence-corrected chi connectivity index (χ2v) is 9.30. The summed E-state index contributed by atoms with van der Waals surface area (Å²) in [6, 6.07) is 23.3. The Bertz CT molecular complexity index is 1510. The van der Waals surface area contributed by atoms with Crippen LogP contribution in [-0.2, 0) is 13.0 Å². The van der Waals surface area contributed by atoms with E-state index in [9.17, 15) is 4.79 Å². The van der Waals surface area contributed by atoms with Gasteiger partial charge in [0.2, 0.25) is 0 Å². The minimum Gasteiger partial charge on any atom is -0.334 e. The topological polar surface area (TPSA) is 98.5 Å². The third kappa shape index (κ3) is 5.26. The van der Waals surface area contributed by atoms with Gasteiger partial charge in [-0.15, -0.1) is 0 Å². The summed E-state index contributed by atoms with van der Waals surface area (Å²) in [5, 5.41) is 14.8. The number of carbonyl (C=O) groups excluding carboxylic acids is 1. The van der Waals surface area contributed by atoms with E-state index >= 15 is 0 Å². The lowest BCUT2D eigenvalue weighted by atomic mass is 10.1. The summed E-state index contributed by atoms with van der Waals surface area (Å²) in [5.74, 6) is 0.586. The summed E-state index contributed by atoms with van der Waals surface area (Å²) in [6.07, 6.45) is 0.555. The summed E-state index contributed by atoms with van der Waals surface area (Å²) < 4.78 is 0. The fraction of sp³-hybridized carbons (Fsp3) is 0.179. The van der Waals surface area contributed by atoms with Gasteiger partial charge in [-0.25, -0.2) is 9.78 Å². The summed E-state index contributed by atoms with van der Waals surface area (Å²) in [7, 11) is 0. The third-order valence-electron chi connectivity index (χ3n) is 6.15. The molecule has 0 unspecified atom stereocenters. The lowest BCUT2D eigenvalue weighted by Crippen LogP contribution is -2.38. The average molecular weight is 499 g/mol. The Morgan fingerprint density at radius 3 is 2.61 bits per heavy atom. The Morgan fingerprint density at radius 2 is 1.81 bits per heavy atom. The van der Waals surface area contributed by atoms with Crippen LogP contribution in [0.1, 0.15) is 34.3 Å². The zero-order chi connectivity index (χ0) is 25.1. The van der Waals surface area contributed by atoms with Gasteiger partial charge in [-0.1, -0.05) is 83.9 Å². The Labute approximate surface area is 214 Å². The molecule has 0 fully saturated rings. The fourth-order valence-corrected chi connectivity index (χ4v) is 4.55. The molecule has 0 radical (unpaired) electrons. The van der Waals surface area contributed by atoms with Crippen LogP contribution < -0.4 is 10.6 Å². The van der Waals surface area contributed by atoms with Crippen molar-refractivity contribution in [3.8, 4) is 11.3 Å². The molecule has 0 bridgehead atoms. The monoisotopic (exact) mass is 498 g/mol. The van der Waals surface area contributed by atoms with Gasteiger partial charge in [0, 0.05) is 23.2 Å². The normalized spacial score (nSPS) is 12.0. The van der Waals surface area contributed by atoms with Crippen molar-refractivity contribution >= 4 is 28.5 Å². The minimum absolute atomic E-state index is 0.278. The van der Waals surface area contributed by atoms with Crippen molar-refractivity contribution in [2.45, 2.75) is 32.9 Å². The number of fused-ring (bicyclic) bond motifs is 1. The van der Waals surface area contributed by atoms with Crippen LogP contribution in [0, 0.1) is 13.8 Å². The number of nitrogens with zero attached hydrogens (tertiary/aromatic N) is 2. The molecule has 0 aliphatic rings. The highest BCUT2D eigenvalue weighted by molar-refractivity contribution is 6.32. The van der Waals surface area contributed by atoms with Gasteiger partial charge in [-0.3, -0.25) is 5.10 Å². The standard InChI is InChI=1S/C28H27ClN6O/c1-17-7-6-10-20(13-17)16-30-28(36)31-24(14-19-8-4-3-5-9-19)27-32-25(26(29)33-27)21-11-12-22-18(2)34-35-23(22)15-21/h3-13,15,24H,14,16H2,1-2H3,(H,32,33)(H,34,35)(H2,30,31,36)/t24-/m0/s1. The number of hydrogen-bond donors (Lipinski definition) is 4. The van der Waals surface area contributed by atoms with E-state index in [1.54, 1.807) is 0 Å². The molecule has 2 heterocycles. The molecule has 5 aromatic rings. The van der Waals surface area contributed by atoms with Crippen LogP contribution in [0.4, 0.5) is 4.79 Å². The van der Waals surface area contributed by atoms with Gasteiger partial charge in [-0.2, -0.15) is 5.10 Å². The highest BCUT2D eigenvalue weighted by Gasteiger charge is 2.22. The number of amides is 2. The number of H-pyrrole nitrogens is 2. The van der Waals surface area contributed by atoms with E-state index in [-0.39, 0.29) is 6.03 Å². The van der Waals surface area contributed by atoms with Gasteiger partial charge < -0.3 is 15.6 Å². The Balaban J connectivity index is 1.39. The molecule has 0 saturated heterocycles. The van der Waals surface area contributed by atoms with Crippen molar-refractivity contribution in [3.63, 3.8) is 0 Å². The molecule has 2 amide bonds. The number of carbonyl (C=O) groups is 1. The van der Waals surface area contributed by atoms with E-state index in [0.29, 0.717) is 29.6 Å². The summed E-state index contributed by atoms with van der Waals surface area (Å²) in [6.45, 7) is 4.44. The highest BCUT2D eigenvalue weighted by Crippen LogP contribution is 2.30. The molecule has 0 saturated carbocycles. The zero-order valence-electron chi connectivity index (χ0n) is 20.1. The number of rotatable bonds is 7. The molecular formula is C28H27ClN6O. The molecule has 2 aromatic heterocycles. The molecule has 0 aliphatic carbocycles. The lowest BCUT2D eigenvalue weighted by molar-refractivity contribution is 0.236. The van der Waals surface area contributed by atoms with E-state index in [1.165, 1.54) is 0 Å². The summed E-state index contributed by atoms with van der Waals surface area (Å²) in [5.41, 5.74) is 6.59. The Kier molecular flexibility index (Phi) is 6.73. The van der Waals surface area contributed by atoms with Crippen LogP contribution in [0.25, 0.3) is 22.2 Å². The molecule has 36 heavy (non-hydrogen) atoms. The SMILES string of the molecule is Cc1cccc(CNC(=O)N[C@@H](Cc2ccccc2)c2nc(-c3ccc4c(C)[nH]nc4c3)c(Cl)[nH]2)c1. The predicted octanol–water partition coefficient (Wildman–Crippen LogP) is 6.01. The number of aromatic nitrogens is 4. The zero-order valence-corrected chi connectivity index (χ0v) is 20.9. The van der Waals surface area contributed by atoms with E-state index < -0.39 is 6.04 Å². The van der Waals surface area contributed by atoms with Crippen LogP contribution in [-0.4, -0.2) is 26.2 Å². The fourth-order valence-electron chi connectivity index (χ4n) is 4.30. The second-order valence-electron chi connectivity index (χ2n) is 8.92. The van der Waals surface area contributed by atoms with Crippen LogP contribution in [0.2, 0.25) is 5.15 Å². The van der Waals surface area contributed by atoms with E-state index in [2.05, 4.69) is 31.9 Å². The minimum atomic E-state index is -0.410. The van der Waals surface area contributed by atoms with Crippen molar-refractivity contribution in [1.82, 2.24) is 30.8 Å². The van der Waals surface area contributed by atoms with Gasteiger partial charge in [0.25, 0.3) is 0 Å². The summed E-state index contributed by atoms with van der Waals surface area (Å²) in [4.78, 5) is 20.9. The molecule has 182 valence electrons. The number of imidazole rings is 1. The number of aryl methyl sites for hydroxylation is 2. The van der Waals surface area contributed by atoms with Gasteiger partial charge in [0.15, 0.2) is 0 Å². The maximum absolute atomic E-state index is 12.9. The first-order valence-corrected chi connectivity index (χ1v) is 12.2. The van der Waals surface area contributed by atoms with E-state index in [4.69, 9.17) is 16.6 Å². The molecular weight excluding hydrogens is 472 g/mol. The number of urea groups is 1. The van der Waals surface area contributed by atoms with Crippen molar-refractivity contribution in [1.29, 1.82) is 0 Å². The first kappa shape index (κ1) is 23.6. The predicted molar refractivity (Wildman–Crippen MR) is 143 cm³/mol. The van der Waals surface area contributed by atoms with Crippen molar-refractivity contribution in [2.75, 3.05) is 0 Å². The maximum atomic E-state index is 12.9. The number of nitrogens with one attached hydrogen (secondary N) is 4. The van der Waals surface area contributed by atoms with Crippen molar-refractivity contribution in [3.05, 3.63) is 106 Å². The first-order valence-electron chi connectivity index (χ1n) is 11.8. The van der Waals surface area contributed by atoms with Gasteiger partial charge in [0.05, 0.1) is 11.6 Å². The quantitative estimate of drug-likeness (QED) is 0.221. The number of halogens is 1.